The van der Waals surface area contributed by atoms with Gasteiger partial charge in [0.1, 0.15) is 5.75 Å². The van der Waals surface area contributed by atoms with Crippen LogP contribution in [0, 0.1) is 5.92 Å². The molecule has 1 aliphatic carbocycles. The van der Waals surface area contributed by atoms with Gasteiger partial charge < -0.3 is 4.74 Å². The van der Waals surface area contributed by atoms with E-state index in [0.717, 1.165) is 11.7 Å². The first-order valence-electron chi connectivity index (χ1n) is 6.57. The van der Waals surface area contributed by atoms with Crippen LogP contribution in [-0.2, 0) is 0 Å². The Morgan fingerprint density at radius 3 is 2.47 bits per heavy atom. The summed E-state index contributed by atoms with van der Waals surface area (Å²) in [7, 11) is 1.71. The van der Waals surface area contributed by atoms with E-state index in [1.54, 1.807) is 7.11 Å². The van der Waals surface area contributed by atoms with Crippen LogP contribution >= 0.6 is 15.9 Å². The van der Waals surface area contributed by atoms with E-state index in [1.165, 1.54) is 44.1 Å². The number of benzene rings is 1. The number of methoxy groups -OCH3 is 1. The first-order chi connectivity index (χ1) is 8.29. The highest BCUT2D eigenvalue weighted by Crippen LogP contribution is 2.35. The number of rotatable bonds is 5. The molecule has 1 aromatic rings. The molecule has 2 rings (SSSR count). The van der Waals surface area contributed by atoms with E-state index in [2.05, 4.69) is 28.1 Å². The Morgan fingerprint density at radius 1 is 1.24 bits per heavy atom. The highest BCUT2D eigenvalue weighted by molar-refractivity contribution is 9.09. The standard InChI is InChI=1S/C15H21BrO/c1-17-14-9-7-13(8-10-14)15(16)11-6-12-4-2-3-5-12/h7-10,12,15H,2-6,11H2,1H3. The Labute approximate surface area is 113 Å². The molecule has 0 N–H and O–H groups in total. The quantitative estimate of drug-likeness (QED) is 0.687. The van der Waals surface area contributed by atoms with E-state index in [4.69, 9.17) is 4.74 Å². The van der Waals surface area contributed by atoms with E-state index in [-0.39, 0.29) is 0 Å². The van der Waals surface area contributed by atoms with Crippen molar-refractivity contribution in [3.05, 3.63) is 29.8 Å². The van der Waals surface area contributed by atoms with Crippen molar-refractivity contribution in [2.75, 3.05) is 7.11 Å². The Hall–Kier alpha value is -0.500. The van der Waals surface area contributed by atoms with Crippen molar-refractivity contribution in [2.45, 2.75) is 43.4 Å². The van der Waals surface area contributed by atoms with Gasteiger partial charge in [-0.25, -0.2) is 0 Å². The molecule has 0 spiro atoms. The van der Waals surface area contributed by atoms with Crippen molar-refractivity contribution in [3.8, 4) is 5.75 Å². The van der Waals surface area contributed by atoms with Crippen LogP contribution < -0.4 is 4.74 Å². The van der Waals surface area contributed by atoms with Gasteiger partial charge in [0.05, 0.1) is 7.11 Å². The van der Waals surface area contributed by atoms with E-state index in [1.807, 2.05) is 12.1 Å². The molecule has 2 heteroatoms. The number of hydrogen-bond donors (Lipinski definition) is 0. The predicted octanol–water partition coefficient (Wildman–Crippen LogP) is 5.10. The topological polar surface area (TPSA) is 9.23 Å². The summed E-state index contributed by atoms with van der Waals surface area (Å²) in [4.78, 5) is 0.494. The van der Waals surface area contributed by atoms with Crippen LogP contribution in [0.1, 0.15) is 48.9 Å². The Bertz CT molecular complexity index is 327. The highest BCUT2D eigenvalue weighted by Gasteiger charge is 2.17. The number of hydrogen-bond acceptors (Lipinski definition) is 1. The first kappa shape index (κ1) is 12.9. The average Bonchev–Trinajstić information content (AvgIpc) is 2.89. The van der Waals surface area contributed by atoms with Crippen LogP contribution in [0.3, 0.4) is 0 Å². The summed E-state index contributed by atoms with van der Waals surface area (Å²) in [5.41, 5.74) is 1.36. The van der Waals surface area contributed by atoms with Crippen molar-refractivity contribution in [3.63, 3.8) is 0 Å². The smallest absolute Gasteiger partial charge is 0.118 e. The molecular formula is C15H21BrO. The molecule has 94 valence electrons. The van der Waals surface area contributed by atoms with E-state index in [0.29, 0.717) is 4.83 Å². The van der Waals surface area contributed by atoms with Crippen molar-refractivity contribution in [2.24, 2.45) is 5.92 Å². The van der Waals surface area contributed by atoms with Crippen molar-refractivity contribution in [1.82, 2.24) is 0 Å². The second kappa shape index (κ2) is 6.44. The third kappa shape index (κ3) is 3.74. The molecule has 1 unspecified atom stereocenters. The lowest BCUT2D eigenvalue weighted by Crippen LogP contribution is -1.97. The van der Waals surface area contributed by atoms with Crippen LogP contribution in [0.15, 0.2) is 24.3 Å². The Kier molecular flexibility index (Phi) is 4.90. The van der Waals surface area contributed by atoms with Gasteiger partial charge in [-0.2, -0.15) is 0 Å². The SMILES string of the molecule is COc1ccc(C(Br)CCC2CCCC2)cc1. The molecule has 1 saturated carbocycles. The summed E-state index contributed by atoms with van der Waals surface area (Å²) in [6.45, 7) is 0. The van der Waals surface area contributed by atoms with Crippen LogP contribution in [0.25, 0.3) is 0 Å². The molecule has 17 heavy (non-hydrogen) atoms. The van der Waals surface area contributed by atoms with E-state index < -0.39 is 0 Å². The van der Waals surface area contributed by atoms with Crippen LogP contribution in [0.5, 0.6) is 5.75 Å². The van der Waals surface area contributed by atoms with Gasteiger partial charge in [0.15, 0.2) is 0 Å². The summed E-state index contributed by atoms with van der Waals surface area (Å²) < 4.78 is 5.17. The first-order valence-corrected chi connectivity index (χ1v) is 7.49. The van der Waals surface area contributed by atoms with Crippen LogP contribution in [0.4, 0.5) is 0 Å². The van der Waals surface area contributed by atoms with Gasteiger partial charge in [-0.3, -0.25) is 0 Å². The van der Waals surface area contributed by atoms with Gasteiger partial charge in [0.25, 0.3) is 0 Å². The zero-order chi connectivity index (χ0) is 12.1. The summed E-state index contributed by atoms with van der Waals surface area (Å²) in [5.74, 6) is 1.91. The summed E-state index contributed by atoms with van der Waals surface area (Å²) >= 11 is 3.80. The number of alkyl halides is 1. The lowest BCUT2D eigenvalue weighted by atomic mass is 9.98. The minimum Gasteiger partial charge on any atom is -0.497 e. The Morgan fingerprint density at radius 2 is 1.88 bits per heavy atom. The van der Waals surface area contributed by atoms with Crippen LogP contribution in [-0.4, -0.2) is 7.11 Å². The molecule has 0 aliphatic heterocycles. The fourth-order valence-electron chi connectivity index (χ4n) is 2.66. The minimum absolute atomic E-state index is 0.494. The molecular weight excluding hydrogens is 276 g/mol. The minimum atomic E-state index is 0.494. The third-order valence-corrected chi connectivity index (χ3v) is 4.77. The lowest BCUT2D eigenvalue weighted by Gasteiger charge is -2.14. The Balaban J connectivity index is 1.83. The fraction of sp³-hybridized carbons (Fsp3) is 0.600. The largest absolute Gasteiger partial charge is 0.497 e. The van der Waals surface area contributed by atoms with E-state index >= 15 is 0 Å². The zero-order valence-corrected chi connectivity index (χ0v) is 12.1. The van der Waals surface area contributed by atoms with Crippen LogP contribution in [0.2, 0.25) is 0 Å². The molecule has 1 fully saturated rings. The number of ether oxygens (including phenoxy) is 1. The predicted molar refractivity (Wildman–Crippen MR) is 75.9 cm³/mol. The van der Waals surface area contributed by atoms with Crippen molar-refractivity contribution >= 4 is 15.9 Å². The lowest BCUT2D eigenvalue weighted by molar-refractivity contribution is 0.414. The van der Waals surface area contributed by atoms with Gasteiger partial charge in [-0.15, -0.1) is 0 Å². The molecule has 0 saturated heterocycles. The van der Waals surface area contributed by atoms with Gasteiger partial charge in [-0.05, 0) is 36.5 Å². The maximum absolute atomic E-state index is 5.17. The second-order valence-electron chi connectivity index (χ2n) is 4.97. The van der Waals surface area contributed by atoms with Gasteiger partial charge in [-0.1, -0.05) is 53.7 Å². The summed E-state index contributed by atoms with van der Waals surface area (Å²) in [6, 6.07) is 8.40. The monoisotopic (exact) mass is 296 g/mol. The average molecular weight is 297 g/mol. The van der Waals surface area contributed by atoms with E-state index in [9.17, 15) is 0 Å². The molecule has 0 aromatic heterocycles. The summed E-state index contributed by atoms with van der Waals surface area (Å²) in [6.07, 6.45) is 8.39. The molecule has 1 aliphatic rings. The fourth-order valence-corrected chi connectivity index (χ4v) is 3.23. The maximum atomic E-state index is 5.17. The molecule has 1 atom stereocenters. The summed E-state index contributed by atoms with van der Waals surface area (Å²) in [5, 5.41) is 0. The van der Waals surface area contributed by atoms with Gasteiger partial charge >= 0.3 is 0 Å². The molecule has 0 radical (unpaired) electrons. The molecule has 1 nitrogen and oxygen atoms in total. The second-order valence-corrected chi connectivity index (χ2v) is 6.07. The molecule has 0 amide bonds. The number of halogens is 1. The van der Waals surface area contributed by atoms with Crippen molar-refractivity contribution < 1.29 is 4.74 Å². The van der Waals surface area contributed by atoms with Crippen molar-refractivity contribution in [1.29, 1.82) is 0 Å². The zero-order valence-electron chi connectivity index (χ0n) is 10.5. The van der Waals surface area contributed by atoms with Gasteiger partial charge in [0.2, 0.25) is 0 Å². The normalized spacial score (nSPS) is 18.2. The van der Waals surface area contributed by atoms with Gasteiger partial charge in [0, 0.05) is 4.83 Å². The molecule has 0 heterocycles. The maximum Gasteiger partial charge on any atom is 0.118 e. The molecule has 0 bridgehead atoms. The molecule has 1 aromatic carbocycles. The highest BCUT2D eigenvalue weighted by atomic mass is 79.9. The third-order valence-electron chi connectivity index (χ3n) is 3.78.